The zero-order valence-corrected chi connectivity index (χ0v) is 13.7. The third-order valence-corrected chi connectivity index (χ3v) is 3.01. The van der Waals surface area contributed by atoms with Gasteiger partial charge < -0.3 is 14.3 Å². The fraction of sp³-hybridized carbons (Fsp3) is 0.647. The molecule has 2 aliphatic rings. The van der Waals surface area contributed by atoms with E-state index in [1.54, 1.807) is 13.8 Å². The maximum absolute atomic E-state index is 11.5. The van der Waals surface area contributed by atoms with E-state index < -0.39 is 11.9 Å². The van der Waals surface area contributed by atoms with Crippen LogP contribution in [-0.2, 0) is 17.6 Å². The fourth-order valence-electron chi connectivity index (χ4n) is 1.57. The summed E-state index contributed by atoms with van der Waals surface area (Å²) in [4.78, 5) is 22.6. The average molecular weight is 310 g/mol. The molecule has 0 aliphatic heterocycles. The smallest absolute Gasteiger partial charge is 0.342 e. The lowest BCUT2D eigenvalue weighted by Crippen LogP contribution is -2.10. The first kappa shape index (κ1) is 18.3. The van der Waals surface area contributed by atoms with Crippen LogP contribution in [0.5, 0.6) is 0 Å². The number of methoxy groups -OCH3 is 1. The minimum atomic E-state index is -1.17. The van der Waals surface area contributed by atoms with Crippen LogP contribution in [0.2, 0.25) is 0 Å². The van der Waals surface area contributed by atoms with Crippen LogP contribution in [0.1, 0.15) is 84.6 Å². The van der Waals surface area contributed by atoms with Gasteiger partial charge in [0, 0.05) is 12.8 Å². The summed E-state index contributed by atoms with van der Waals surface area (Å²) in [5.74, 6) is -1.16. The van der Waals surface area contributed by atoms with Gasteiger partial charge in [-0.3, -0.25) is 0 Å². The summed E-state index contributed by atoms with van der Waals surface area (Å²) >= 11 is 0. The van der Waals surface area contributed by atoms with Crippen molar-refractivity contribution in [2.75, 3.05) is 7.11 Å². The van der Waals surface area contributed by atoms with Crippen molar-refractivity contribution in [3.05, 3.63) is 22.6 Å². The molecule has 0 aromatic carbocycles. The molecule has 1 aromatic heterocycles. The number of carboxylic acids is 1. The standard InChI is InChI=1S/C11H14O5.2C3H6/c1-4-6-8(10(12)13)9(11(14)15-3)7(5-2)16-6;2*1-2-3-1/h4-5H2,1-3H3,(H,12,13);2*1-3H2. The van der Waals surface area contributed by atoms with E-state index in [9.17, 15) is 9.59 Å². The van der Waals surface area contributed by atoms with E-state index in [-0.39, 0.29) is 11.1 Å². The first-order valence-corrected chi connectivity index (χ1v) is 8.02. The van der Waals surface area contributed by atoms with Crippen LogP contribution >= 0.6 is 0 Å². The predicted octanol–water partition coefficient (Wildman–Crippen LogP) is 4.23. The largest absolute Gasteiger partial charge is 0.478 e. The van der Waals surface area contributed by atoms with Gasteiger partial charge in [0.15, 0.2) is 0 Å². The Bertz CT molecular complexity index is 486. The van der Waals surface area contributed by atoms with Gasteiger partial charge in [0.1, 0.15) is 22.6 Å². The van der Waals surface area contributed by atoms with Crippen LogP contribution in [0.15, 0.2) is 4.42 Å². The molecule has 2 fully saturated rings. The topological polar surface area (TPSA) is 76.7 Å². The first-order chi connectivity index (χ1) is 10.6. The second-order valence-electron chi connectivity index (χ2n) is 5.32. The number of hydrogen-bond donors (Lipinski definition) is 1. The highest BCUT2D eigenvalue weighted by atomic mass is 16.5. The molecule has 0 radical (unpaired) electrons. The maximum atomic E-state index is 11.5. The number of carbonyl (C=O) groups excluding carboxylic acids is 1. The Morgan fingerprint density at radius 2 is 1.36 bits per heavy atom. The maximum Gasteiger partial charge on any atom is 0.342 e. The molecule has 0 saturated heterocycles. The van der Waals surface area contributed by atoms with E-state index >= 15 is 0 Å². The van der Waals surface area contributed by atoms with Crippen LogP contribution < -0.4 is 0 Å². The second-order valence-corrected chi connectivity index (χ2v) is 5.32. The molecule has 0 unspecified atom stereocenters. The Labute approximate surface area is 131 Å². The Balaban J connectivity index is 0.000000328. The molecular weight excluding hydrogens is 284 g/mol. The molecule has 1 aromatic rings. The molecule has 0 amide bonds. The van der Waals surface area contributed by atoms with E-state index in [0.29, 0.717) is 24.4 Å². The van der Waals surface area contributed by atoms with Crippen molar-refractivity contribution in [3.8, 4) is 0 Å². The van der Waals surface area contributed by atoms with E-state index in [1.165, 1.54) is 45.6 Å². The van der Waals surface area contributed by atoms with Gasteiger partial charge in [-0.2, -0.15) is 0 Å². The predicted molar refractivity (Wildman–Crippen MR) is 83.5 cm³/mol. The number of esters is 1. The Morgan fingerprint density at radius 1 is 0.955 bits per heavy atom. The number of carboxylic acid groups (broad SMARTS) is 1. The lowest BCUT2D eigenvalue weighted by Gasteiger charge is -1.99. The van der Waals surface area contributed by atoms with Gasteiger partial charge in [-0.15, -0.1) is 0 Å². The molecule has 2 saturated carbocycles. The average Bonchev–Trinajstić information content (AvgIpc) is 3.38. The van der Waals surface area contributed by atoms with Gasteiger partial charge in [-0.05, 0) is 0 Å². The van der Waals surface area contributed by atoms with Crippen molar-refractivity contribution in [3.63, 3.8) is 0 Å². The molecule has 5 nitrogen and oxygen atoms in total. The molecule has 1 N–H and O–H groups in total. The van der Waals surface area contributed by atoms with Gasteiger partial charge in [0.25, 0.3) is 0 Å². The molecular formula is C17H26O5. The molecule has 3 rings (SSSR count). The summed E-state index contributed by atoms with van der Waals surface area (Å²) in [6.45, 7) is 3.56. The summed E-state index contributed by atoms with van der Waals surface area (Å²) in [5, 5.41) is 9.06. The van der Waals surface area contributed by atoms with E-state index in [4.69, 9.17) is 9.52 Å². The molecule has 0 bridgehead atoms. The molecule has 5 heteroatoms. The summed E-state index contributed by atoms with van der Waals surface area (Å²) in [5.41, 5.74) is -0.0412. The fourth-order valence-corrected chi connectivity index (χ4v) is 1.57. The van der Waals surface area contributed by atoms with Crippen molar-refractivity contribution >= 4 is 11.9 Å². The number of rotatable bonds is 4. The summed E-state index contributed by atoms with van der Waals surface area (Å²) in [6.07, 6.45) is 9.87. The second kappa shape index (κ2) is 9.28. The zero-order chi connectivity index (χ0) is 16.5. The normalized spacial score (nSPS) is 14.0. The van der Waals surface area contributed by atoms with Crippen molar-refractivity contribution < 1.29 is 23.8 Å². The Kier molecular flexibility index (Phi) is 7.71. The zero-order valence-electron chi connectivity index (χ0n) is 13.7. The molecule has 22 heavy (non-hydrogen) atoms. The minimum absolute atomic E-state index is 0.0364. The molecule has 2 aliphatic carbocycles. The van der Waals surface area contributed by atoms with Crippen molar-refractivity contribution in [2.45, 2.75) is 65.2 Å². The van der Waals surface area contributed by atoms with Crippen LogP contribution in [0, 0.1) is 0 Å². The number of aryl methyl sites for hydroxylation is 2. The molecule has 0 atom stereocenters. The third kappa shape index (κ3) is 5.92. The van der Waals surface area contributed by atoms with Crippen LogP contribution in [0.25, 0.3) is 0 Å². The highest BCUT2D eigenvalue weighted by molar-refractivity contribution is 6.04. The lowest BCUT2D eigenvalue weighted by atomic mass is 10.1. The lowest BCUT2D eigenvalue weighted by molar-refractivity contribution is 0.0581. The van der Waals surface area contributed by atoms with Crippen molar-refractivity contribution in [1.82, 2.24) is 0 Å². The summed E-state index contributed by atoms with van der Waals surface area (Å²) in [7, 11) is 1.21. The van der Waals surface area contributed by atoms with Gasteiger partial charge in [-0.1, -0.05) is 52.4 Å². The Morgan fingerprint density at radius 3 is 1.64 bits per heavy atom. The number of hydrogen-bond acceptors (Lipinski definition) is 4. The first-order valence-electron chi connectivity index (χ1n) is 8.02. The van der Waals surface area contributed by atoms with Crippen LogP contribution in [-0.4, -0.2) is 24.2 Å². The van der Waals surface area contributed by atoms with Gasteiger partial charge in [0.05, 0.1) is 7.11 Å². The number of furan rings is 1. The van der Waals surface area contributed by atoms with E-state index in [0.717, 1.165) is 0 Å². The SMILES string of the molecule is C1CC1.C1CC1.CCc1oc(CC)c(C(=O)OC)c1C(=O)O. The van der Waals surface area contributed by atoms with Crippen molar-refractivity contribution in [1.29, 1.82) is 0 Å². The minimum Gasteiger partial charge on any atom is -0.478 e. The van der Waals surface area contributed by atoms with E-state index in [2.05, 4.69) is 4.74 Å². The summed E-state index contributed by atoms with van der Waals surface area (Å²) in [6, 6.07) is 0. The molecule has 0 spiro atoms. The van der Waals surface area contributed by atoms with Gasteiger partial charge in [0.2, 0.25) is 0 Å². The number of carbonyl (C=O) groups is 2. The molecule has 124 valence electrons. The Hall–Kier alpha value is -1.78. The van der Waals surface area contributed by atoms with Crippen LogP contribution in [0.3, 0.4) is 0 Å². The van der Waals surface area contributed by atoms with Crippen molar-refractivity contribution in [2.24, 2.45) is 0 Å². The highest BCUT2D eigenvalue weighted by Gasteiger charge is 2.28. The van der Waals surface area contributed by atoms with Gasteiger partial charge >= 0.3 is 11.9 Å². The van der Waals surface area contributed by atoms with Crippen LogP contribution in [0.4, 0.5) is 0 Å². The van der Waals surface area contributed by atoms with E-state index in [1.807, 2.05) is 0 Å². The van der Waals surface area contributed by atoms with Gasteiger partial charge in [-0.25, -0.2) is 9.59 Å². The third-order valence-electron chi connectivity index (χ3n) is 3.01. The number of aromatic carboxylic acids is 1. The quantitative estimate of drug-likeness (QED) is 0.842. The highest BCUT2D eigenvalue weighted by Crippen LogP contribution is 2.25. The monoisotopic (exact) mass is 310 g/mol. The summed E-state index contributed by atoms with van der Waals surface area (Å²) < 4.78 is 9.91. The molecule has 1 heterocycles. The number of ether oxygens (including phenoxy) is 1.